The van der Waals surface area contributed by atoms with Gasteiger partial charge in [0.05, 0.1) is 0 Å². The predicted molar refractivity (Wildman–Crippen MR) is 87.7 cm³/mol. The van der Waals surface area contributed by atoms with Crippen molar-refractivity contribution in [3.05, 3.63) is 24.0 Å². The fourth-order valence-electron chi connectivity index (χ4n) is 3.69. The molecule has 2 fully saturated rings. The van der Waals surface area contributed by atoms with E-state index in [-0.39, 0.29) is 0 Å². The standard InChI is InChI=1S/C17H28N4/c1-2-7-18-12-15-13-19-8-6-17(15)21-11-4-10-20-9-3-5-16(20)14-21/h6,8,13,16,18H,2-5,7,9-12,14H2,1H3. The first kappa shape index (κ1) is 14.8. The van der Waals surface area contributed by atoms with E-state index in [9.17, 15) is 0 Å². The predicted octanol–water partition coefficient (Wildman–Crippen LogP) is 2.26. The Kier molecular flexibility index (Phi) is 5.09. The Hall–Kier alpha value is -1.13. The van der Waals surface area contributed by atoms with Crippen LogP contribution in [0.2, 0.25) is 0 Å². The van der Waals surface area contributed by atoms with Gasteiger partial charge in [0.1, 0.15) is 0 Å². The minimum Gasteiger partial charge on any atom is -0.370 e. The van der Waals surface area contributed by atoms with Crippen LogP contribution in [0.3, 0.4) is 0 Å². The van der Waals surface area contributed by atoms with E-state index in [0.29, 0.717) is 0 Å². The fraction of sp³-hybridized carbons (Fsp3) is 0.706. The molecule has 3 rings (SSSR count). The van der Waals surface area contributed by atoms with Gasteiger partial charge in [-0.15, -0.1) is 0 Å². The largest absolute Gasteiger partial charge is 0.370 e. The molecule has 0 bridgehead atoms. The van der Waals surface area contributed by atoms with Gasteiger partial charge in [-0.3, -0.25) is 9.88 Å². The van der Waals surface area contributed by atoms with Crippen molar-refractivity contribution in [2.24, 2.45) is 0 Å². The Morgan fingerprint density at radius 1 is 1.29 bits per heavy atom. The Morgan fingerprint density at radius 2 is 2.19 bits per heavy atom. The van der Waals surface area contributed by atoms with Crippen LogP contribution in [-0.2, 0) is 6.54 Å². The van der Waals surface area contributed by atoms with Crippen molar-refractivity contribution < 1.29 is 0 Å². The average Bonchev–Trinajstić information content (AvgIpc) is 2.85. The second-order valence-electron chi connectivity index (χ2n) is 6.31. The molecule has 4 nitrogen and oxygen atoms in total. The molecule has 1 unspecified atom stereocenters. The second kappa shape index (κ2) is 7.23. The summed E-state index contributed by atoms with van der Waals surface area (Å²) in [6.45, 7) is 9.16. The zero-order valence-electron chi connectivity index (χ0n) is 13.2. The third-order valence-corrected chi connectivity index (χ3v) is 4.76. The third kappa shape index (κ3) is 3.55. The van der Waals surface area contributed by atoms with Crippen LogP contribution in [0.15, 0.2) is 18.5 Å². The van der Waals surface area contributed by atoms with Crippen molar-refractivity contribution >= 4 is 5.69 Å². The van der Waals surface area contributed by atoms with E-state index >= 15 is 0 Å². The molecule has 1 atom stereocenters. The number of nitrogens with zero attached hydrogens (tertiary/aromatic N) is 3. The lowest BCUT2D eigenvalue weighted by Gasteiger charge is -2.29. The highest BCUT2D eigenvalue weighted by atomic mass is 15.3. The molecule has 0 aromatic carbocycles. The Morgan fingerprint density at radius 3 is 3.10 bits per heavy atom. The number of rotatable bonds is 5. The summed E-state index contributed by atoms with van der Waals surface area (Å²) in [6, 6.07) is 2.96. The lowest BCUT2D eigenvalue weighted by Crippen LogP contribution is -2.37. The van der Waals surface area contributed by atoms with Gasteiger partial charge in [-0.25, -0.2) is 0 Å². The smallest absolute Gasteiger partial charge is 0.0443 e. The highest BCUT2D eigenvalue weighted by molar-refractivity contribution is 5.52. The van der Waals surface area contributed by atoms with Gasteiger partial charge in [0.2, 0.25) is 0 Å². The van der Waals surface area contributed by atoms with E-state index in [4.69, 9.17) is 0 Å². The van der Waals surface area contributed by atoms with Gasteiger partial charge in [-0.05, 0) is 44.8 Å². The molecule has 2 aliphatic heterocycles. The molecule has 2 aliphatic rings. The lowest BCUT2D eigenvalue weighted by atomic mass is 10.1. The van der Waals surface area contributed by atoms with Crippen LogP contribution in [0.4, 0.5) is 5.69 Å². The van der Waals surface area contributed by atoms with E-state index in [1.807, 2.05) is 12.4 Å². The molecule has 3 heterocycles. The molecule has 1 aromatic heterocycles. The highest BCUT2D eigenvalue weighted by Crippen LogP contribution is 2.26. The number of hydrogen-bond acceptors (Lipinski definition) is 4. The lowest BCUT2D eigenvalue weighted by molar-refractivity contribution is 0.273. The van der Waals surface area contributed by atoms with Gasteiger partial charge >= 0.3 is 0 Å². The van der Waals surface area contributed by atoms with E-state index in [1.165, 1.54) is 63.1 Å². The Bertz CT molecular complexity index is 448. The third-order valence-electron chi connectivity index (χ3n) is 4.76. The summed E-state index contributed by atoms with van der Waals surface area (Å²) in [4.78, 5) is 9.62. The van der Waals surface area contributed by atoms with Gasteiger partial charge < -0.3 is 10.2 Å². The molecule has 0 amide bonds. The molecule has 0 radical (unpaired) electrons. The zero-order valence-corrected chi connectivity index (χ0v) is 13.2. The normalized spacial score (nSPS) is 23.1. The molecule has 4 heteroatoms. The molecule has 0 saturated carbocycles. The number of fused-ring (bicyclic) bond motifs is 1. The Balaban J connectivity index is 1.72. The van der Waals surface area contributed by atoms with Crippen LogP contribution in [0.25, 0.3) is 0 Å². The monoisotopic (exact) mass is 288 g/mol. The van der Waals surface area contributed by atoms with Gasteiger partial charge in [0.25, 0.3) is 0 Å². The zero-order chi connectivity index (χ0) is 14.5. The summed E-state index contributed by atoms with van der Waals surface area (Å²) < 4.78 is 0. The summed E-state index contributed by atoms with van der Waals surface area (Å²) in [5.74, 6) is 0. The van der Waals surface area contributed by atoms with Crippen LogP contribution in [0.5, 0.6) is 0 Å². The maximum Gasteiger partial charge on any atom is 0.0443 e. The quantitative estimate of drug-likeness (QED) is 0.842. The molecule has 1 N–H and O–H groups in total. The highest BCUT2D eigenvalue weighted by Gasteiger charge is 2.29. The summed E-state index contributed by atoms with van der Waals surface area (Å²) in [5, 5.41) is 3.52. The average molecular weight is 288 g/mol. The van der Waals surface area contributed by atoms with E-state index in [1.54, 1.807) is 0 Å². The first-order valence-electron chi connectivity index (χ1n) is 8.51. The topological polar surface area (TPSA) is 31.4 Å². The van der Waals surface area contributed by atoms with E-state index in [0.717, 1.165) is 19.1 Å². The molecule has 116 valence electrons. The van der Waals surface area contributed by atoms with Crippen LogP contribution < -0.4 is 10.2 Å². The first-order chi connectivity index (χ1) is 10.4. The molecular formula is C17H28N4. The summed E-state index contributed by atoms with van der Waals surface area (Å²) in [7, 11) is 0. The van der Waals surface area contributed by atoms with Gasteiger partial charge in [-0.2, -0.15) is 0 Å². The van der Waals surface area contributed by atoms with E-state index < -0.39 is 0 Å². The SMILES string of the molecule is CCCNCc1cnccc1N1CCCN2CCCC2C1. The van der Waals surface area contributed by atoms with Crippen molar-refractivity contribution in [1.82, 2.24) is 15.2 Å². The molecule has 0 spiro atoms. The number of aromatic nitrogens is 1. The van der Waals surface area contributed by atoms with Gasteiger partial charge in [0, 0.05) is 55.9 Å². The van der Waals surface area contributed by atoms with Crippen molar-refractivity contribution in [1.29, 1.82) is 0 Å². The first-order valence-corrected chi connectivity index (χ1v) is 8.51. The summed E-state index contributed by atoms with van der Waals surface area (Å²) >= 11 is 0. The molecule has 0 aliphatic carbocycles. The summed E-state index contributed by atoms with van der Waals surface area (Å²) in [6.07, 6.45) is 9.17. The van der Waals surface area contributed by atoms with Crippen molar-refractivity contribution in [3.63, 3.8) is 0 Å². The van der Waals surface area contributed by atoms with Crippen LogP contribution >= 0.6 is 0 Å². The molecule has 1 aromatic rings. The Labute approximate surface area is 128 Å². The van der Waals surface area contributed by atoms with Crippen LogP contribution in [0.1, 0.15) is 38.2 Å². The number of anilines is 1. The minimum atomic E-state index is 0.761. The number of hydrogen-bond donors (Lipinski definition) is 1. The fourth-order valence-corrected chi connectivity index (χ4v) is 3.69. The number of pyridine rings is 1. The molecule has 2 saturated heterocycles. The van der Waals surface area contributed by atoms with E-state index in [2.05, 4.69) is 33.1 Å². The minimum absolute atomic E-state index is 0.761. The van der Waals surface area contributed by atoms with Crippen LogP contribution in [-0.4, -0.2) is 48.6 Å². The van der Waals surface area contributed by atoms with Crippen molar-refractivity contribution in [2.45, 2.75) is 45.2 Å². The molecular weight excluding hydrogens is 260 g/mol. The summed E-state index contributed by atoms with van der Waals surface area (Å²) in [5.41, 5.74) is 2.74. The maximum absolute atomic E-state index is 4.33. The van der Waals surface area contributed by atoms with Crippen molar-refractivity contribution in [2.75, 3.05) is 37.6 Å². The maximum atomic E-state index is 4.33. The number of nitrogens with one attached hydrogen (secondary N) is 1. The second-order valence-corrected chi connectivity index (χ2v) is 6.31. The van der Waals surface area contributed by atoms with Gasteiger partial charge in [-0.1, -0.05) is 6.92 Å². The van der Waals surface area contributed by atoms with Gasteiger partial charge in [0.15, 0.2) is 0 Å². The van der Waals surface area contributed by atoms with Crippen LogP contribution in [0, 0.1) is 0 Å². The molecule has 21 heavy (non-hydrogen) atoms. The van der Waals surface area contributed by atoms with Crippen molar-refractivity contribution in [3.8, 4) is 0 Å².